The van der Waals surface area contributed by atoms with Crippen molar-refractivity contribution in [3.8, 4) is 0 Å². The SMILES string of the molecule is CCN(CC)C(=O)c1ccc(NC(=S)NC(=O)c2ccc(C)c(I)c2)cc1. The first-order chi connectivity index (χ1) is 12.8. The van der Waals surface area contributed by atoms with Crippen LogP contribution in [0.25, 0.3) is 0 Å². The zero-order valence-corrected chi connectivity index (χ0v) is 18.5. The Kier molecular flexibility index (Phi) is 7.73. The monoisotopic (exact) mass is 495 g/mol. The Bertz CT molecular complexity index is 849. The number of anilines is 1. The van der Waals surface area contributed by atoms with E-state index in [0.29, 0.717) is 29.9 Å². The molecule has 0 unspecified atom stereocenters. The molecule has 0 spiro atoms. The molecule has 0 aliphatic rings. The normalized spacial score (nSPS) is 10.2. The fraction of sp³-hybridized carbons (Fsp3) is 0.250. The number of hydrogen-bond donors (Lipinski definition) is 2. The topological polar surface area (TPSA) is 61.4 Å². The average Bonchev–Trinajstić information content (AvgIpc) is 2.65. The van der Waals surface area contributed by atoms with Crippen molar-refractivity contribution in [3.05, 3.63) is 62.7 Å². The van der Waals surface area contributed by atoms with Crippen molar-refractivity contribution in [3.63, 3.8) is 0 Å². The summed E-state index contributed by atoms with van der Waals surface area (Å²) in [7, 11) is 0. The Morgan fingerprint density at radius 3 is 2.19 bits per heavy atom. The number of benzene rings is 2. The van der Waals surface area contributed by atoms with Gasteiger partial charge < -0.3 is 10.2 Å². The summed E-state index contributed by atoms with van der Waals surface area (Å²) < 4.78 is 1.02. The molecule has 0 bridgehead atoms. The summed E-state index contributed by atoms with van der Waals surface area (Å²) in [4.78, 5) is 26.4. The lowest BCUT2D eigenvalue weighted by Gasteiger charge is -2.18. The van der Waals surface area contributed by atoms with Gasteiger partial charge >= 0.3 is 0 Å². The van der Waals surface area contributed by atoms with Gasteiger partial charge in [0.05, 0.1) is 0 Å². The van der Waals surface area contributed by atoms with Crippen LogP contribution in [0.1, 0.15) is 40.1 Å². The molecule has 0 aliphatic carbocycles. The van der Waals surface area contributed by atoms with E-state index in [1.165, 1.54) is 0 Å². The third-order valence-corrected chi connectivity index (χ3v) is 5.47. The first-order valence-electron chi connectivity index (χ1n) is 8.63. The number of carbonyl (C=O) groups excluding carboxylic acids is 2. The average molecular weight is 495 g/mol. The highest BCUT2D eigenvalue weighted by atomic mass is 127. The molecule has 142 valence electrons. The number of rotatable bonds is 5. The van der Waals surface area contributed by atoms with Crippen LogP contribution in [0.5, 0.6) is 0 Å². The molecule has 7 heteroatoms. The molecule has 2 N–H and O–H groups in total. The van der Waals surface area contributed by atoms with Gasteiger partial charge in [0.25, 0.3) is 11.8 Å². The number of aryl methyl sites for hydroxylation is 1. The van der Waals surface area contributed by atoms with E-state index < -0.39 is 0 Å². The quantitative estimate of drug-likeness (QED) is 0.482. The van der Waals surface area contributed by atoms with Crippen molar-refractivity contribution < 1.29 is 9.59 Å². The molecule has 2 amide bonds. The first-order valence-corrected chi connectivity index (χ1v) is 10.1. The van der Waals surface area contributed by atoms with Gasteiger partial charge in [-0.3, -0.25) is 14.9 Å². The Morgan fingerprint density at radius 1 is 1.04 bits per heavy atom. The number of halogens is 1. The minimum atomic E-state index is -0.265. The molecule has 0 aliphatic heterocycles. The summed E-state index contributed by atoms with van der Waals surface area (Å²) in [6.07, 6.45) is 0. The van der Waals surface area contributed by atoms with Crippen LogP contribution in [-0.2, 0) is 0 Å². The number of nitrogens with one attached hydrogen (secondary N) is 2. The maximum atomic E-state index is 12.3. The molecule has 0 atom stereocenters. The second kappa shape index (κ2) is 9.80. The lowest BCUT2D eigenvalue weighted by Crippen LogP contribution is -2.34. The van der Waals surface area contributed by atoms with Gasteiger partial charge in [-0.2, -0.15) is 0 Å². The minimum absolute atomic E-state index is 0.00333. The van der Waals surface area contributed by atoms with Crippen LogP contribution in [0.15, 0.2) is 42.5 Å². The zero-order valence-electron chi connectivity index (χ0n) is 15.5. The van der Waals surface area contributed by atoms with E-state index in [-0.39, 0.29) is 16.9 Å². The third-order valence-electron chi connectivity index (χ3n) is 4.10. The highest BCUT2D eigenvalue weighted by Crippen LogP contribution is 2.14. The highest BCUT2D eigenvalue weighted by Gasteiger charge is 2.13. The summed E-state index contributed by atoms with van der Waals surface area (Å²) >= 11 is 7.41. The van der Waals surface area contributed by atoms with Crippen molar-refractivity contribution >= 4 is 57.4 Å². The number of carbonyl (C=O) groups is 2. The summed E-state index contributed by atoms with van der Waals surface area (Å²) in [5.41, 5.74) is 2.99. The van der Waals surface area contributed by atoms with Crippen LogP contribution >= 0.6 is 34.8 Å². The van der Waals surface area contributed by atoms with Crippen LogP contribution < -0.4 is 10.6 Å². The van der Waals surface area contributed by atoms with Crippen LogP contribution in [0.4, 0.5) is 5.69 Å². The van der Waals surface area contributed by atoms with Gasteiger partial charge in [-0.1, -0.05) is 6.07 Å². The molecule has 0 fully saturated rings. The minimum Gasteiger partial charge on any atom is -0.339 e. The van der Waals surface area contributed by atoms with E-state index in [1.807, 2.05) is 32.9 Å². The summed E-state index contributed by atoms with van der Waals surface area (Å²) in [5.74, 6) is -0.268. The molecule has 5 nitrogen and oxygen atoms in total. The van der Waals surface area contributed by atoms with Gasteiger partial charge in [-0.05, 0) is 97.5 Å². The van der Waals surface area contributed by atoms with Gasteiger partial charge in [-0.15, -0.1) is 0 Å². The molecule has 0 aromatic heterocycles. The van der Waals surface area contributed by atoms with Gasteiger partial charge in [0.15, 0.2) is 5.11 Å². The largest absolute Gasteiger partial charge is 0.339 e. The third kappa shape index (κ3) is 5.74. The first kappa shape index (κ1) is 21.3. The Balaban J connectivity index is 1.98. The van der Waals surface area contributed by atoms with Crippen LogP contribution in [0.2, 0.25) is 0 Å². The highest BCUT2D eigenvalue weighted by molar-refractivity contribution is 14.1. The molecule has 2 rings (SSSR count). The Morgan fingerprint density at radius 2 is 1.63 bits per heavy atom. The fourth-order valence-electron chi connectivity index (χ4n) is 2.46. The van der Waals surface area contributed by atoms with Crippen molar-refractivity contribution in [2.45, 2.75) is 20.8 Å². The zero-order chi connectivity index (χ0) is 20.0. The van der Waals surface area contributed by atoms with Crippen molar-refractivity contribution in [1.29, 1.82) is 0 Å². The van der Waals surface area contributed by atoms with Crippen LogP contribution in [0.3, 0.4) is 0 Å². The van der Waals surface area contributed by atoms with Crippen molar-refractivity contribution in [2.75, 3.05) is 18.4 Å². The van der Waals surface area contributed by atoms with E-state index in [9.17, 15) is 9.59 Å². The molecule has 0 heterocycles. The summed E-state index contributed by atoms with van der Waals surface area (Å²) in [6, 6.07) is 12.5. The molecule has 0 radical (unpaired) electrons. The van der Waals surface area contributed by atoms with Crippen LogP contribution in [-0.4, -0.2) is 34.9 Å². The number of nitrogens with zero attached hydrogens (tertiary/aromatic N) is 1. The Hall–Kier alpha value is -2.00. The number of hydrogen-bond acceptors (Lipinski definition) is 3. The maximum Gasteiger partial charge on any atom is 0.257 e. The molecule has 0 saturated heterocycles. The molecule has 27 heavy (non-hydrogen) atoms. The van der Waals surface area contributed by atoms with Gasteiger partial charge in [-0.25, -0.2) is 0 Å². The number of thiocarbonyl (C=S) groups is 1. The van der Waals surface area contributed by atoms with Crippen molar-refractivity contribution in [2.24, 2.45) is 0 Å². The van der Waals surface area contributed by atoms with Gasteiger partial charge in [0.2, 0.25) is 0 Å². The summed E-state index contributed by atoms with van der Waals surface area (Å²) in [5, 5.41) is 5.84. The van der Waals surface area contributed by atoms with Gasteiger partial charge in [0, 0.05) is 33.5 Å². The lowest BCUT2D eigenvalue weighted by atomic mass is 10.1. The lowest BCUT2D eigenvalue weighted by molar-refractivity contribution is 0.0772. The van der Waals surface area contributed by atoms with E-state index in [1.54, 1.807) is 35.2 Å². The molecule has 2 aromatic rings. The molecule has 0 saturated carbocycles. The standard InChI is InChI=1S/C20H22IN3O2S/c1-4-24(5-2)19(26)14-8-10-16(11-9-14)22-20(27)23-18(25)15-7-6-13(3)17(21)12-15/h6-12H,4-5H2,1-3H3,(H2,22,23,25,27). The molecular formula is C20H22IN3O2S. The smallest absolute Gasteiger partial charge is 0.257 e. The maximum absolute atomic E-state index is 12.3. The predicted molar refractivity (Wildman–Crippen MR) is 121 cm³/mol. The van der Waals surface area contributed by atoms with Crippen LogP contribution in [0, 0.1) is 10.5 Å². The van der Waals surface area contributed by atoms with E-state index in [0.717, 1.165) is 9.13 Å². The van der Waals surface area contributed by atoms with E-state index in [2.05, 4.69) is 33.2 Å². The van der Waals surface area contributed by atoms with E-state index >= 15 is 0 Å². The van der Waals surface area contributed by atoms with Crippen molar-refractivity contribution in [1.82, 2.24) is 10.2 Å². The van der Waals surface area contributed by atoms with E-state index in [4.69, 9.17) is 12.2 Å². The predicted octanol–water partition coefficient (Wildman–Crippen LogP) is 4.21. The second-order valence-corrected chi connectivity index (χ2v) is 7.50. The molecular weight excluding hydrogens is 473 g/mol. The second-order valence-electron chi connectivity index (χ2n) is 5.93. The summed E-state index contributed by atoms with van der Waals surface area (Å²) in [6.45, 7) is 7.23. The fourth-order valence-corrected chi connectivity index (χ4v) is 3.19. The van der Waals surface area contributed by atoms with Gasteiger partial charge in [0.1, 0.15) is 0 Å². The molecule has 2 aromatic carbocycles. The Labute approximate surface area is 178 Å². The number of amides is 2.